The van der Waals surface area contributed by atoms with Gasteiger partial charge in [0.25, 0.3) is 0 Å². The Hall–Kier alpha value is -16.0. The smallest absolute Gasteiger partial charge is 0.135 e. The summed E-state index contributed by atoms with van der Waals surface area (Å²) in [7, 11) is 2.15. The zero-order valence-electron chi connectivity index (χ0n) is 76.7. The van der Waals surface area contributed by atoms with Crippen molar-refractivity contribution in [2.24, 2.45) is 7.05 Å². The average Bonchev–Trinajstić information content (AvgIpc) is 1.40. The van der Waals surface area contributed by atoms with E-state index in [2.05, 4.69) is 511 Å². The lowest BCUT2D eigenvalue weighted by molar-refractivity contribution is 0.595. The molecule has 21 aromatic carbocycles. The quantitative estimate of drug-likeness (QED) is 0.125. The maximum atomic E-state index is 5.70. The molecule has 0 N–H and O–H groups in total. The molecule has 0 saturated carbocycles. The fourth-order valence-corrected chi connectivity index (χ4v) is 20.1. The van der Waals surface area contributed by atoms with E-state index >= 15 is 0 Å². The maximum absolute atomic E-state index is 5.70. The van der Waals surface area contributed by atoms with E-state index in [1.807, 2.05) is 35.6 Å². The molecule has 0 unspecified atom stereocenters. The van der Waals surface area contributed by atoms with Crippen LogP contribution in [0.1, 0.15) is 74.5 Å². The van der Waals surface area contributed by atoms with E-state index < -0.39 is 0 Å². The highest BCUT2D eigenvalue weighted by Crippen LogP contribution is 2.40. The second kappa shape index (κ2) is 42.9. The molecule has 0 saturated heterocycles. The van der Waals surface area contributed by atoms with E-state index in [4.69, 9.17) is 4.42 Å². The summed E-state index contributed by atoms with van der Waals surface area (Å²) < 4.78 is 9.43. The van der Waals surface area contributed by atoms with E-state index in [1.165, 1.54) is 216 Å². The Bertz CT molecular complexity index is 7630. The first-order valence-electron chi connectivity index (χ1n) is 47.2. The molecule has 4 aliphatic carbocycles. The molecule has 2 nitrogen and oxygen atoms in total. The Morgan fingerprint density at radius 2 is 0.593 bits per heavy atom. The Kier molecular flexibility index (Phi) is 28.0. The monoisotopic (exact) mass is 1750 g/mol. The summed E-state index contributed by atoms with van der Waals surface area (Å²) in [6.45, 7) is 4.19. The predicted molar refractivity (Wildman–Crippen MR) is 587 cm³/mol. The summed E-state index contributed by atoms with van der Waals surface area (Å²) in [6.07, 6.45) is 21.5. The van der Waals surface area contributed by atoms with Crippen LogP contribution in [0, 0.1) is 13.8 Å². The van der Waals surface area contributed by atoms with Gasteiger partial charge >= 0.3 is 0 Å². The van der Waals surface area contributed by atoms with Gasteiger partial charge in [0.15, 0.2) is 0 Å². The lowest BCUT2D eigenvalue weighted by Crippen LogP contribution is -1.96. The van der Waals surface area contributed by atoms with Gasteiger partial charge in [-0.25, -0.2) is 0 Å². The fraction of sp³-hybridized carbons (Fsp3) is 0.0758. The number of hydrogen-bond donors (Lipinski definition) is 0. The number of allylic oxidation sites excluding steroid dienone is 3. The minimum atomic E-state index is 1.01. The highest BCUT2D eigenvalue weighted by molar-refractivity contribution is 7.20. The number of thiophene rings is 1. The normalized spacial score (nSPS) is 12.0. The summed E-state index contributed by atoms with van der Waals surface area (Å²) in [5.74, 6) is 1.05. The first-order chi connectivity index (χ1) is 66.7. The number of aryl methyl sites for hydroxylation is 6. The summed E-state index contributed by atoms with van der Waals surface area (Å²) in [5, 5.41) is 25.4. The zero-order chi connectivity index (χ0) is 91.3. The molecule has 0 fully saturated rings. The van der Waals surface area contributed by atoms with Crippen LogP contribution < -0.4 is 0 Å². The van der Waals surface area contributed by atoms with Gasteiger partial charge in [0.2, 0.25) is 0 Å². The van der Waals surface area contributed by atoms with E-state index in [9.17, 15) is 0 Å². The van der Waals surface area contributed by atoms with Crippen molar-refractivity contribution < 1.29 is 4.42 Å². The summed E-state index contributed by atoms with van der Waals surface area (Å²) in [4.78, 5) is 1.47. The van der Waals surface area contributed by atoms with Crippen molar-refractivity contribution >= 4 is 148 Å². The van der Waals surface area contributed by atoms with E-state index in [1.54, 1.807) is 5.56 Å². The first kappa shape index (κ1) is 88.2. The zero-order valence-corrected chi connectivity index (χ0v) is 77.5. The van der Waals surface area contributed by atoms with Gasteiger partial charge < -0.3 is 8.98 Å². The number of hydrogen-bond acceptors (Lipinski definition) is 2. The van der Waals surface area contributed by atoms with Crippen LogP contribution in [0.15, 0.2) is 496 Å². The molecule has 3 aromatic heterocycles. The third-order valence-electron chi connectivity index (χ3n) is 25.8. The fourth-order valence-electron chi connectivity index (χ4n) is 18.9. The van der Waals surface area contributed by atoms with Crippen LogP contribution in [-0.2, 0) is 32.7 Å². The van der Waals surface area contributed by atoms with Crippen LogP contribution in [-0.4, -0.2) is 4.57 Å². The van der Waals surface area contributed by atoms with Crippen molar-refractivity contribution in [3.05, 3.63) is 547 Å². The minimum absolute atomic E-state index is 1.01. The van der Waals surface area contributed by atoms with Crippen molar-refractivity contribution in [3.63, 3.8) is 0 Å². The Balaban J connectivity index is 0.0000000969. The third kappa shape index (κ3) is 20.8. The topological polar surface area (TPSA) is 18.1 Å². The number of benzene rings is 21. The van der Waals surface area contributed by atoms with Crippen molar-refractivity contribution in [2.45, 2.75) is 58.8 Å². The molecule has 0 aliphatic heterocycles. The minimum Gasteiger partial charge on any atom is -0.456 e. The Labute approximate surface area is 796 Å². The lowest BCUT2D eigenvalue weighted by Gasteiger charge is -2.09. The molecule has 24 aromatic rings. The van der Waals surface area contributed by atoms with E-state index in [0.717, 1.165) is 30.6 Å². The molecule has 28 rings (SSSR count). The molecule has 0 amide bonds. The van der Waals surface area contributed by atoms with Crippen molar-refractivity contribution in [1.82, 2.24) is 4.57 Å². The van der Waals surface area contributed by atoms with Crippen molar-refractivity contribution in [1.29, 1.82) is 0 Å². The number of furan rings is 1. The van der Waals surface area contributed by atoms with Gasteiger partial charge in [-0.3, -0.25) is 0 Å². The maximum Gasteiger partial charge on any atom is 0.135 e. The van der Waals surface area contributed by atoms with Gasteiger partial charge in [0, 0.05) is 44.2 Å². The van der Waals surface area contributed by atoms with Crippen molar-refractivity contribution in [2.75, 3.05) is 0 Å². The summed E-state index contributed by atoms with van der Waals surface area (Å²) in [6, 6.07) is 166. The Morgan fingerprint density at radius 1 is 0.244 bits per heavy atom. The SMILES string of the molecule is C1=Cc2oc3ccccc3c2CC1.C1=Cc2sc3ccccc3c2CC1.Cc1ccc(C)cc1.Cn1c2c(c3ccccc31)CCC=C2.c1ccc(-c2cccc(-c3ccccc3)c2)cc1.c1ccc2c(c1)Cc1ccccc1-2.c1ccc2c(c1)c1ccccc1c1ccccc21.c1ccc2c(c1)ccc1ccccc12.c1ccc2cc3ccccc3cc2c1.c1ccc2ccccc2c1. The molecule has 0 spiro atoms. The van der Waals surface area contributed by atoms with Gasteiger partial charge in [-0.1, -0.05) is 466 Å². The molecule has 0 radical (unpaired) electrons. The Morgan fingerprint density at radius 3 is 1.07 bits per heavy atom. The van der Waals surface area contributed by atoms with Crippen LogP contribution in [0.2, 0.25) is 0 Å². The summed E-state index contributed by atoms with van der Waals surface area (Å²) in [5.41, 5.74) is 21.7. The number of aromatic nitrogens is 1. The van der Waals surface area contributed by atoms with Gasteiger partial charge in [-0.2, -0.15) is 0 Å². The van der Waals surface area contributed by atoms with Crippen LogP contribution >= 0.6 is 11.3 Å². The molecule has 652 valence electrons. The lowest BCUT2D eigenvalue weighted by atomic mass is 9.95. The highest BCUT2D eigenvalue weighted by atomic mass is 32.1. The average molecular weight is 1760 g/mol. The van der Waals surface area contributed by atoms with E-state index in [-0.39, 0.29) is 0 Å². The number of fused-ring (bicyclic) bond motifs is 24. The van der Waals surface area contributed by atoms with Gasteiger partial charge in [0.1, 0.15) is 11.3 Å². The third-order valence-corrected chi connectivity index (χ3v) is 27.0. The second-order valence-electron chi connectivity index (χ2n) is 34.6. The predicted octanol–water partition coefficient (Wildman–Crippen LogP) is 36.9. The largest absolute Gasteiger partial charge is 0.456 e. The number of para-hydroxylation sites is 2. The summed E-state index contributed by atoms with van der Waals surface area (Å²) >= 11 is 1.91. The second-order valence-corrected chi connectivity index (χ2v) is 35.7. The van der Waals surface area contributed by atoms with Crippen LogP contribution in [0.25, 0.3) is 170 Å². The van der Waals surface area contributed by atoms with Crippen molar-refractivity contribution in [3.8, 4) is 33.4 Å². The number of rotatable bonds is 2. The van der Waals surface area contributed by atoms with Gasteiger partial charge in [-0.05, 0) is 261 Å². The van der Waals surface area contributed by atoms with Crippen LogP contribution in [0.4, 0.5) is 0 Å². The van der Waals surface area contributed by atoms with Crippen LogP contribution in [0.5, 0.6) is 0 Å². The molecule has 4 aliphatic rings. The van der Waals surface area contributed by atoms with Gasteiger partial charge in [-0.15, -0.1) is 11.3 Å². The molecule has 0 atom stereocenters. The standard InChI is InChI=1S/C18H12.C18H14.2C14H10.C13H13N.C13H10.C12H10O.C12H10S.C10H8.C8H10/c1-2-8-14-13(7-1)15-9-3-4-11-17(15)18-12-6-5-10-16(14)18;1-3-8-15(9-4-1)17-12-7-13-18(14-17)16-10-5-2-6-11-16;1-3-7-13-11(5-1)9-10-12-6-2-4-8-14(12)13;1-2-6-12-10-14-8-4-3-7-13(14)9-11(12)5-1;1-14-12-8-4-2-6-10(12)11-7-3-5-9-13(11)14;1-3-7-12-10(5-1)9-11-6-2-4-8-13(11)12;2*1-3-7-11-9(5-1)10-6-2-4-8-12(10)13-11;1-2-6-10-8-4-3-7-9(10)5-1;1-7-3-5-8(2)6-4-7/h1-12H;1-14H;2*1-10H;2,4-6,8-9H,3,7H2,1H3;1-8H,9H2;2*1,3-5,7-8H,2,6H2;1-8H;3-6H,1-2H3. The molecule has 0 bridgehead atoms. The van der Waals surface area contributed by atoms with Crippen LogP contribution in [0.3, 0.4) is 0 Å². The molecular weight excluding hydrogens is 1650 g/mol. The number of nitrogens with zero attached hydrogens (tertiary/aromatic N) is 1. The molecule has 3 heterocycles. The van der Waals surface area contributed by atoms with E-state index in [0.29, 0.717) is 0 Å². The molecule has 3 heteroatoms. The highest BCUT2D eigenvalue weighted by Gasteiger charge is 2.19. The van der Waals surface area contributed by atoms with Gasteiger partial charge in [0.05, 0.1) is 0 Å². The first-order valence-corrected chi connectivity index (χ1v) is 48.0. The molecular formula is C132H107NOS. The molecule has 135 heavy (non-hydrogen) atoms.